The summed E-state index contributed by atoms with van der Waals surface area (Å²) in [6.45, 7) is 3.06. The van der Waals surface area contributed by atoms with Gasteiger partial charge in [-0.2, -0.15) is 0 Å². The number of nitrogens with zero attached hydrogens (tertiary/aromatic N) is 4. The van der Waals surface area contributed by atoms with E-state index >= 15 is 0 Å². The zero-order valence-corrected chi connectivity index (χ0v) is 31.1. The van der Waals surface area contributed by atoms with Crippen LogP contribution in [0.5, 0.6) is 11.5 Å². The van der Waals surface area contributed by atoms with Crippen molar-refractivity contribution in [3.8, 4) is 33.8 Å². The molecule has 1 unspecified atom stereocenters. The third-order valence-corrected chi connectivity index (χ3v) is 10.8. The van der Waals surface area contributed by atoms with Crippen LogP contribution in [-0.2, 0) is 14.4 Å². The number of carbonyl (C=O) groups excluding carboxylic acids is 5. The van der Waals surface area contributed by atoms with Crippen molar-refractivity contribution >= 4 is 51.9 Å². The highest BCUT2D eigenvalue weighted by molar-refractivity contribution is 6.25. The molecule has 0 bridgehead atoms. The van der Waals surface area contributed by atoms with Gasteiger partial charge in [-0.25, -0.2) is 4.98 Å². The van der Waals surface area contributed by atoms with E-state index in [2.05, 4.69) is 55.8 Å². The largest absolute Gasteiger partial charge is 0.493 e. The molecule has 2 fully saturated rings. The van der Waals surface area contributed by atoms with Crippen LogP contribution in [0.25, 0.3) is 33.3 Å². The van der Waals surface area contributed by atoms with E-state index in [0.717, 1.165) is 43.9 Å². The minimum Gasteiger partial charge on any atom is -0.493 e. The first-order valence-electron chi connectivity index (χ1n) is 18.6. The normalized spacial score (nSPS) is 17.0. The molecule has 5 amide bonds. The standard InChI is InChI=1S/C42H41N7O7/c1-55-34-14-10-26(22-35(34)56-2)31-24-45-39-30(31)21-27(23-44-39)25-8-11-28(12-9-25)47-17-19-48(20-18-47)37(51)7-4-16-43-32-6-3-5-29-38(32)42(54)49(41(29)53)33-13-15-36(50)46-40(33)52/h3,5-6,8-12,14,21-24,33,43H,4,7,13,15-20H2,1-2H3,(H,44,45)(H,46,50,52). The molecule has 0 saturated carbocycles. The summed E-state index contributed by atoms with van der Waals surface area (Å²) in [4.78, 5) is 76.8. The number of H-pyrrole nitrogens is 1. The lowest BCUT2D eigenvalue weighted by Gasteiger charge is -2.36. The van der Waals surface area contributed by atoms with Crippen LogP contribution in [0.1, 0.15) is 46.4 Å². The second kappa shape index (κ2) is 15.2. The number of piperazine rings is 1. The number of nitrogens with one attached hydrogen (secondary N) is 3. The number of amides is 5. The number of aromatic nitrogens is 2. The maximum Gasteiger partial charge on any atom is 0.264 e. The molecule has 14 heteroatoms. The molecule has 2 saturated heterocycles. The van der Waals surface area contributed by atoms with Crippen LogP contribution in [0.15, 0.2) is 79.1 Å². The number of pyridine rings is 1. The van der Waals surface area contributed by atoms with Gasteiger partial charge in [0, 0.05) is 85.8 Å². The number of aromatic amines is 1. The summed E-state index contributed by atoms with van der Waals surface area (Å²) in [5, 5.41) is 6.44. The van der Waals surface area contributed by atoms with Crippen molar-refractivity contribution in [2.75, 3.05) is 57.2 Å². The lowest BCUT2D eigenvalue weighted by molar-refractivity contribution is -0.136. The van der Waals surface area contributed by atoms with E-state index in [9.17, 15) is 24.0 Å². The van der Waals surface area contributed by atoms with Gasteiger partial charge in [0.1, 0.15) is 11.7 Å². The molecule has 14 nitrogen and oxygen atoms in total. The smallest absolute Gasteiger partial charge is 0.264 e. The van der Waals surface area contributed by atoms with Crippen LogP contribution in [0.2, 0.25) is 0 Å². The molecular formula is C42H41N7O7. The van der Waals surface area contributed by atoms with Crippen molar-refractivity contribution in [2.45, 2.75) is 31.7 Å². The summed E-state index contributed by atoms with van der Waals surface area (Å²) in [5.74, 6) is -0.794. The number of anilines is 2. The summed E-state index contributed by atoms with van der Waals surface area (Å²) in [5.41, 5.74) is 6.84. The van der Waals surface area contributed by atoms with Crippen LogP contribution in [-0.4, -0.2) is 102 Å². The molecule has 3 aliphatic heterocycles. The van der Waals surface area contributed by atoms with Gasteiger partial charge in [-0.1, -0.05) is 24.3 Å². The van der Waals surface area contributed by atoms with E-state index in [1.807, 2.05) is 35.5 Å². The molecule has 1 atom stereocenters. The number of hydrogen-bond donors (Lipinski definition) is 3. The van der Waals surface area contributed by atoms with E-state index in [0.29, 0.717) is 62.8 Å². The maximum atomic E-state index is 13.4. The molecule has 5 heterocycles. The van der Waals surface area contributed by atoms with Gasteiger partial charge in [0.05, 0.1) is 25.3 Å². The Kier molecular flexibility index (Phi) is 9.85. The van der Waals surface area contributed by atoms with Crippen molar-refractivity contribution < 1.29 is 33.4 Å². The Bertz CT molecular complexity index is 2370. The molecule has 5 aromatic rings. The molecule has 3 N–H and O–H groups in total. The predicted molar refractivity (Wildman–Crippen MR) is 210 cm³/mol. The zero-order chi connectivity index (χ0) is 38.9. The van der Waals surface area contributed by atoms with Crippen molar-refractivity contribution in [2.24, 2.45) is 0 Å². The lowest BCUT2D eigenvalue weighted by Crippen LogP contribution is -2.54. The van der Waals surface area contributed by atoms with Gasteiger partial charge >= 0.3 is 0 Å². The van der Waals surface area contributed by atoms with Crippen LogP contribution in [0.3, 0.4) is 0 Å². The van der Waals surface area contributed by atoms with Gasteiger partial charge in [-0.3, -0.25) is 34.2 Å². The summed E-state index contributed by atoms with van der Waals surface area (Å²) in [7, 11) is 3.24. The molecule has 2 aromatic heterocycles. The van der Waals surface area contributed by atoms with Crippen molar-refractivity contribution in [1.82, 2.24) is 25.1 Å². The number of hydrogen-bond acceptors (Lipinski definition) is 10. The third-order valence-electron chi connectivity index (χ3n) is 10.8. The first kappa shape index (κ1) is 36.3. The fourth-order valence-corrected chi connectivity index (χ4v) is 7.77. The molecule has 0 radical (unpaired) electrons. The molecule has 3 aromatic carbocycles. The van der Waals surface area contributed by atoms with Crippen molar-refractivity contribution in [1.29, 1.82) is 0 Å². The minimum absolute atomic E-state index is 0.0570. The molecule has 0 aliphatic carbocycles. The number of rotatable bonds is 11. The molecule has 8 rings (SSSR count). The zero-order valence-electron chi connectivity index (χ0n) is 31.1. The first-order chi connectivity index (χ1) is 27.2. The van der Waals surface area contributed by atoms with Gasteiger partial charge in [0.15, 0.2) is 11.5 Å². The number of methoxy groups -OCH3 is 2. The minimum atomic E-state index is -1.03. The highest BCUT2D eigenvalue weighted by atomic mass is 16.5. The second-order valence-corrected chi connectivity index (χ2v) is 14.0. The number of fused-ring (bicyclic) bond motifs is 2. The molecule has 0 spiro atoms. The van der Waals surface area contributed by atoms with E-state index in [-0.39, 0.29) is 29.9 Å². The van der Waals surface area contributed by atoms with E-state index in [1.165, 1.54) is 0 Å². The van der Waals surface area contributed by atoms with Crippen LogP contribution in [0, 0.1) is 0 Å². The van der Waals surface area contributed by atoms with E-state index in [1.54, 1.807) is 32.4 Å². The molecule has 3 aliphatic rings. The highest BCUT2D eigenvalue weighted by Crippen LogP contribution is 2.37. The van der Waals surface area contributed by atoms with E-state index < -0.39 is 29.7 Å². The van der Waals surface area contributed by atoms with Gasteiger partial charge in [0.2, 0.25) is 17.7 Å². The van der Waals surface area contributed by atoms with Gasteiger partial charge < -0.3 is 29.6 Å². The van der Waals surface area contributed by atoms with Gasteiger partial charge in [-0.15, -0.1) is 0 Å². The molecule has 56 heavy (non-hydrogen) atoms. The Morgan fingerprint density at radius 1 is 0.857 bits per heavy atom. The average molecular weight is 756 g/mol. The van der Waals surface area contributed by atoms with Crippen molar-refractivity contribution in [3.05, 3.63) is 90.3 Å². The average Bonchev–Trinajstić information content (AvgIpc) is 3.77. The lowest BCUT2D eigenvalue weighted by atomic mass is 10.0. The SMILES string of the molecule is COc1ccc(-c2c[nH]c3ncc(-c4ccc(N5CCN(C(=O)CCCNc6cccc7c6C(=O)N(C6CCC(=O)NC6=O)C7=O)CC5)cc4)cc23)cc1OC. The fourth-order valence-electron chi connectivity index (χ4n) is 7.77. The summed E-state index contributed by atoms with van der Waals surface area (Å²) in [6, 6.07) is 20.3. The quantitative estimate of drug-likeness (QED) is 0.125. The number of benzene rings is 3. The Balaban J connectivity index is 0.835. The number of ether oxygens (including phenoxy) is 2. The molecule has 286 valence electrons. The number of carbonyl (C=O) groups is 5. The van der Waals surface area contributed by atoms with Crippen LogP contribution < -0.4 is 25.0 Å². The maximum absolute atomic E-state index is 13.4. The number of imide groups is 2. The van der Waals surface area contributed by atoms with Crippen LogP contribution in [0.4, 0.5) is 11.4 Å². The predicted octanol–water partition coefficient (Wildman–Crippen LogP) is 4.86. The second-order valence-electron chi connectivity index (χ2n) is 14.0. The molecular weight excluding hydrogens is 715 g/mol. The monoisotopic (exact) mass is 755 g/mol. The number of piperidine rings is 1. The topological polar surface area (TPSA) is 166 Å². The Labute approximate surface area is 322 Å². The summed E-state index contributed by atoms with van der Waals surface area (Å²) >= 11 is 0. The summed E-state index contributed by atoms with van der Waals surface area (Å²) < 4.78 is 10.9. The third kappa shape index (κ3) is 6.78. The van der Waals surface area contributed by atoms with Crippen molar-refractivity contribution in [3.63, 3.8) is 0 Å². The van der Waals surface area contributed by atoms with Gasteiger partial charge in [0.25, 0.3) is 11.8 Å². The van der Waals surface area contributed by atoms with Gasteiger partial charge in [-0.05, 0) is 66.4 Å². The Morgan fingerprint density at radius 3 is 2.38 bits per heavy atom. The summed E-state index contributed by atoms with van der Waals surface area (Å²) in [6.07, 6.45) is 4.84. The van der Waals surface area contributed by atoms with Crippen LogP contribution >= 0.6 is 0 Å². The highest BCUT2D eigenvalue weighted by Gasteiger charge is 2.45. The van der Waals surface area contributed by atoms with E-state index in [4.69, 9.17) is 9.47 Å². The Morgan fingerprint density at radius 2 is 1.62 bits per heavy atom. The Hall–Kier alpha value is -6.70. The first-order valence-corrected chi connectivity index (χ1v) is 18.6. The fraction of sp³-hybridized carbons (Fsp3) is 0.286.